The summed E-state index contributed by atoms with van der Waals surface area (Å²) < 4.78 is 23.5. The molecule has 0 aliphatic carbocycles. The van der Waals surface area contributed by atoms with Crippen molar-refractivity contribution in [1.82, 2.24) is 34.5 Å². The van der Waals surface area contributed by atoms with Crippen molar-refractivity contribution >= 4 is 34.3 Å². The van der Waals surface area contributed by atoms with Crippen molar-refractivity contribution in [3.63, 3.8) is 0 Å². The molecule has 4 aromatic rings. The molecule has 154 valence electrons. The molecule has 9 nitrogen and oxygen atoms in total. The fourth-order valence-electron chi connectivity index (χ4n) is 3.49. The Hall–Kier alpha value is -3.27. The van der Waals surface area contributed by atoms with Crippen LogP contribution in [-0.4, -0.2) is 47.3 Å². The van der Waals surface area contributed by atoms with Crippen LogP contribution in [0.15, 0.2) is 18.3 Å². The van der Waals surface area contributed by atoms with Crippen LogP contribution >= 0.6 is 11.6 Å². The van der Waals surface area contributed by atoms with Crippen molar-refractivity contribution < 1.29 is 9.13 Å². The van der Waals surface area contributed by atoms with Gasteiger partial charge < -0.3 is 10.1 Å². The van der Waals surface area contributed by atoms with E-state index in [4.69, 9.17) is 16.3 Å². The Kier molecular flexibility index (Phi) is 4.31. The first-order chi connectivity index (χ1) is 14.4. The third kappa shape index (κ3) is 3.04. The number of ether oxygens (including phenoxy) is 1. The molecule has 5 heterocycles. The van der Waals surface area contributed by atoms with Crippen LogP contribution in [-0.2, 0) is 6.54 Å². The van der Waals surface area contributed by atoms with Gasteiger partial charge in [0.2, 0.25) is 5.95 Å². The summed E-state index contributed by atoms with van der Waals surface area (Å²) in [7, 11) is 0. The standard InChI is InChI=1S/C19H18ClFN8O/c1-9-4-5-14(10(2)23-9)29-11(3)15-18(27-29)30-8-12(21)7-28-17-13(16(20)26-28)6-22-19(24-15)25-17/h4-6,12H,7-8H2,1-3H3,(H,22,24,25)/t12-/m1/s1. The molecule has 1 aliphatic rings. The number of anilines is 2. The Labute approximate surface area is 175 Å². The van der Waals surface area contributed by atoms with Gasteiger partial charge in [0.15, 0.2) is 17.0 Å². The Balaban J connectivity index is 1.66. The third-order valence-electron chi connectivity index (χ3n) is 4.96. The monoisotopic (exact) mass is 428 g/mol. The normalized spacial score (nSPS) is 16.1. The molecular formula is C19H18ClFN8O. The molecule has 0 unspecified atom stereocenters. The molecule has 0 saturated carbocycles. The molecule has 0 fully saturated rings. The van der Waals surface area contributed by atoms with Crippen molar-refractivity contribution in [2.45, 2.75) is 33.5 Å². The van der Waals surface area contributed by atoms with Crippen LogP contribution in [0.25, 0.3) is 16.7 Å². The Morgan fingerprint density at radius 2 is 2.03 bits per heavy atom. The minimum Gasteiger partial charge on any atom is -0.472 e. The number of hydrogen-bond donors (Lipinski definition) is 1. The molecular weight excluding hydrogens is 411 g/mol. The summed E-state index contributed by atoms with van der Waals surface area (Å²) in [5.41, 5.74) is 4.30. The van der Waals surface area contributed by atoms with Gasteiger partial charge in [0, 0.05) is 11.9 Å². The first kappa shape index (κ1) is 18.7. The Morgan fingerprint density at radius 3 is 2.83 bits per heavy atom. The van der Waals surface area contributed by atoms with Gasteiger partial charge in [-0.25, -0.2) is 18.7 Å². The van der Waals surface area contributed by atoms with Gasteiger partial charge in [-0.05, 0) is 32.9 Å². The van der Waals surface area contributed by atoms with E-state index in [0.29, 0.717) is 22.7 Å². The zero-order chi connectivity index (χ0) is 21.0. The van der Waals surface area contributed by atoms with Crippen LogP contribution in [0.2, 0.25) is 5.15 Å². The number of hydrogen-bond acceptors (Lipinski definition) is 7. The van der Waals surface area contributed by atoms with Crippen LogP contribution in [0, 0.1) is 20.8 Å². The van der Waals surface area contributed by atoms with E-state index in [1.807, 2.05) is 32.9 Å². The minimum absolute atomic E-state index is 0.0459. The molecule has 0 aromatic carbocycles. The highest BCUT2D eigenvalue weighted by Crippen LogP contribution is 2.33. The first-order valence-electron chi connectivity index (χ1n) is 9.38. The second-order valence-electron chi connectivity index (χ2n) is 7.17. The van der Waals surface area contributed by atoms with Crippen molar-refractivity contribution in [3.8, 4) is 11.6 Å². The van der Waals surface area contributed by atoms with Crippen LogP contribution in [0.4, 0.5) is 16.0 Å². The molecule has 5 rings (SSSR count). The van der Waals surface area contributed by atoms with Crippen molar-refractivity contribution in [3.05, 3.63) is 40.6 Å². The summed E-state index contributed by atoms with van der Waals surface area (Å²) in [5.74, 6) is 0.570. The zero-order valence-corrected chi connectivity index (χ0v) is 17.3. The lowest BCUT2D eigenvalue weighted by atomic mass is 10.2. The molecule has 0 spiro atoms. The summed E-state index contributed by atoms with van der Waals surface area (Å²) in [6.07, 6.45) is 0.234. The van der Waals surface area contributed by atoms with E-state index in [1.54, 1.807) is 10.9 Å². The predicted octanol–water partition coefficient (Wildman–Crippen LogP) is 3.46. The summed E-state index contributed by atoms with van der Waals surface area (Å²) in [4.78, 5) is 13.3. The second kappa shape index (κ2) is 6.91. The van der Waals surface area contributed by atoms with Gasteiger partial charge >= 0.3 is 0 Å². The Bertz CT molecular complexity index is 1280. The van der Waals surface area contributed by atoms with Gasteiger partial charge in [0.05, 0.1) is 29.0 Å². The lowest BCUT2D eigenvalue weighted by Gasteiger charge is -2.09. The highest BCUT2D eigenvalue weighted by Gasteiger charge is 2.24. The smallest absolute Gasteiger partial charge is 0.257 e. The van der Waals surface area contributed by atoms with E-state index in [9.17, 15) is 4.39 Å². The highest BCUT2D eigenvalue weighted by molar-refractivity contribution is 6.34. The summed E-state index contributed by atoms with van der Waals surface area (Å²) in [5, 5.41) is 12.7. The number of nitrogens with one attached hydrogen (secondary N) is 1. The molecule has 30 heavy (non-hydrogen) atoms. The van der Waals surface area contributed by atoms with Gasteiger partial charge in [-0.2, -0.15) is 10.1 Å². The number of alkyl halides is 1. The maximum absolute atomic E-state index is 14.7. The van der Waals surface area contributed by atoms with Crippen LogP contribution in [0.3, 0.4) is 0 Å². The van der Waals surface area contributed by atoms with Gasteiger partial charge in [0.25, 0.3) is 5.88 Å². The van der Waals surface area contributed by atoms with Crippen LogP contribution in [0.1, 0.15) is 17.1 Å². The molecule has 1 atom stereocenters. The lowest BCUT2D eigenvalue weighted by molar-refractivity contribution is 0.171. The van der Waals surface area contributed by atoms with Gasteiger partial charge in [0.1, 0.15) is 12.3 Å². The third-order valence-corrected chi connectivity index (χ3v) is 5.24. The largest absolute Gasteiger partial charge is 0.472 e. The summed E-state index contributed by atoms with van der Waals surface area (Å²) >= 11 is 6.15. The quantitative estimate of drug-likeness (QED) is 0.496. The molecule has 1 N–H and O–H groups in total. The van der Waals surface area contributed by atoms with E-state index in [-0.39, 0.29) is 24.2 Å². The number of nitrogens with zero attached hydrogens (tertiary/aromatic N) is 7. The van der Waals surface area contributed by atoms with Crippen molar-refractivity contribution in [2.75, 3.05) is 11.9 Å². The van der Waals surface area contributed by atoms with E-state index in [1.165, 1.54) is 4.68 Å². The Morgan fingerprint density at radius 1 is 1.20 bits per heavy atom. The maximum atomic E-state index is 14.7. The SMILES string of the molecule is Cc1ccc(-n2nc3c(c2C)Nc2ncc4c(Cl)nn(c4n2)C[C@@H](F)CO3)c(C)n1. The van der Waals surface area contributed by atoms with E-state index in [0.717, 1.165) is 22.8 Å². The van der Waals surface area contributed by atoms with E-state index < -0.39 is 6.17 Å². The maximum Gasteiger partial charge on any atom is 0.257 e. The van der Waals surface area contributed by atoms with Crippen molar-refractivity contribution in [1.29, 1.82) is 0 Å². The van der Waals surface area contributed by atoms with Crippen LogP contribution < -0.4 is 10.1 Å². The average molecular weight is 429 g/mol. The van der Waals surface area contributed by atoms with Gasteiger partial charge in [-0.15, -0.1) is 5.10 Å². The number of aromatic nitrogens is 7. The first-order valence-corrected chi connectivity index (χ1v) is 9.75. The fraction of sp³-hybridized carbons (Fsp3) is 0.316. The highest BCUT2D eigenvalue weighted by atomic mass is 35.5. The topological polar surface area (TPSA) is 95.6 Å². The summed E-state index contributed by atoms with van der Waals surface area (Å²) in [6.45, 7) is 5.48. The number of rotatable bonds is 1. The zero-order valence-electron chi connectivity index (χ0n) is 16.5. The number of pyridine rings is 1. The van der Waals surface area contributed by atoms with E-state index >= 15 is 0 Å². The molecule has 1 aliphatic heterocycles. The number of aryl methyl sites for hydroxylation is 2. The molecule has 0 radical (unpaired) electrons. The number of halogens is 2. The average Bonchev–Trinajstić information content (AvgIpc) is 3.17. The van der Waals surface area contributed by atoms with Crippen molar-refractivity contribution in [2.24, 2.45) is 0 Å². The lowest BCUT2D eigenvalue weighted by Crippen LogP contribution is -2.20. The van der Waals surface area contributed by atoms with Gasteiger partial charge in [-0.3, -0.25) is 4.98 Å². The summed E-state index contributed by atoms with van der Waals surface area (Å²) in [6, 6.07) is 3.85. The number of fused-ring (bicyclic) bond motifs is 2. The minimum atomic E-state index is -1.33. The molecule has 11 heteroatoms. The second-order valence-corrected chi connectivity index (χ2v) is 7.53. The van der Waals surface area contributed by atoms with Crippen LogP contribution in [0.5, 0.6) is 5.88 Å². The van der Waals surface area contributed by atoms with Gasteiger partial charge in [-0.1, -0.05) is 11.6 Å². The van der Waals surface area contributed by atoms with E-state index in [2.05, 4.69) is 30.5 Å². The molecule has 2 bridgehead atoms. The predicted molar refractivity (Wildman–Crippen MR) is 110 cm³/mol. The molecule has 0 amide bonds. The molecule has 4 aromatic heterocycles. The molecule has 0 saturated heterocycles. The fourth-order valence-corrected chi connectivity index (χ4v) is 3.71.